The average Bonchev–Trinajstić information content (AvgIpc) is 3.04. The third-order valence-corrected chi connectivity index (χ3v) is 4.72. The van der Waals surface area contributed by atoms with Gasteiger partial charge in [0, 0.05) is 0 Å². The maximum absolute atomic E-state index is 12.2. The van der Waals surface area contributed by atoms with Crippen molar-refractivity contribution in [2.75, 3.05) is 19.5 Å². The van der Waals surface area contributed by atoms with E-state index in [1.165, 1.54) is 14.2 Å². The predicted octanol–water partition coefficient (Wildman–Crippen LogP) is -0.137. The van der Waals surface area contributed by atoms with Gasteiger partial charge in [0.15, 0.2) is 0 Å². The summed E-state index contributed by atoms with van der Waals surface area (Å²) < 4.78 is 35.7. The highest BCUT2D eigenvalue weighted by Gasteiger charge is 2.31. The van der Waals surface area contributed by atoms with Gasteiger partial charge in [0.2, 0.25) is 5.95 Å². The van der Waals surface area contributed by atoms with E-state index in [1.807, 2.05) is 0 Å². The second-order valence-electron chi connectivity index (χ2n) is 4.75. The fourth-order valence-corrected chi connectivity index (χ4v) is 3.47. The number of nitrogens with one attached hydrogen (secondary N) is 2. The van der Waals surface area contributed by atoms with Crippen LogP contribution in [0.3, 0.4) is 0 Å². The van der Waals surface area contributed by atoms with E-state index in [4.69, 9.17) is 14.6 Å². The van der Waals surface area contributed by atoms with E-state index in [1.54, 1.807) is 4.72 Å². The lowest BCUT2D eigenvalue weighted by atomic mass is 10.2. The monoisotopic (exact) mass is 373 g/mol. The molecular weight excluding hydrogens is 358 g/mol. The van der Waals surface area contributed by atoms with E-state index in [2.05, 4.69) is 20.3 Å². The van der Waals surface area contributed by atoms with E-state index in [0.29, 0.717) is 6.42 Å². The lowest BCUT2D eigenvalue weighted by Gasteiger charge is -2.10. The Labute approximate surface area is 142 Å². The van der Waals surface area contributed by atoms with Crippen molar-refractivity contribution >= 4 is 28.0 Å². The van der Waals surface area contributed by atoms with Crippen LogP contribution < -0.4 is 19.5 Å². The Morgan fingerprint density at radius 3 is 2.20 bits per heavy atom. The highest BCUT2D eigenvalue weighted by atomic mass is 32.2. The maximum Gasteiger partial charge on any atom is 0.335 e. The third kappa shape index (κ3) is 4.32. The molecule has 0 radical (unpaired) electrons. The highest BCUT2D eigenvalue weighted by molar-refractivity contribution is 7.94. The molecule has 13 heteroatoms. The van der Waals surface area contributed by atoms with Crippen LogP contribution in [0.25, 0.3) is 0 Å². The van der Waals surface area contributed by atoms with Gasteiger partial charge < -0.3 is 14.6 Å². The van der Waals surface area contributed by atoms with Gasteiger partial charge >= 0.3 is 24.0 Å². The molecule has 1 aliphatic carbocycles. The van der Waals surface area contributed by atoms with Crippen LogP contribution in [0.4, 0.5) is 10.7 Å². The Hall–Kier alpha value is -2.96. The van der Waals surface area contributed by atoms with Crippen LogP contribution in [0.1, 0.15) is 19.3 Å². The molecule has 0 saturated carbocycles. The molecule has 0 fully saturated rings. The first kappa shape index (κ1) is 18.4. The minimum atomic E-state index is -4.30. The molecule has 25 heavy (non-hydrogen) atoms. The second kappa shape index (κ2) is 7.29. The van der Waals surface area contributed by atoms with E-state index < -0.39 is 22.0 Å². The van der Waals surface area contributed by atoms with Crippen molar-refractivity contribution in [2.45, 2.75) is 19.3 Å². The van der Waals surface area contributed by atoms with Crippen LogP contribution in [-0.4, -0.2) is 54.7 Å². The van der Waals surface area contributed by atoms with E-state index >= 15 is 0 Å². The van der Waals surface area contributed by atoms with E-state index in [9.17, 15) is 18.0 Å². The second-order valence-corrected chi connectivity index (χ2v) is 6.46. The summed E-state index contributed by atoms with van der Waals surface area (Å²) in [6, 6.07) is -1.48. The van der Waals surface area contributed by atoms with Crippen LogP contribution >= 0.6 is 0 Å². The minimum absolute atomic E-state index is 0.0393. The number of rotatable bonds is 6. The topological polar surface area (TPSA) is 170 Å². The number of hydrogen-bond acceptors (Lipinski definition) is 9. The molecule has 136 valence electrons. The number of carbonyl (C=O) groups excluding carboxylic acids is 1. The predicted molar refractivity (Wildman–Crippen MR) is 82.5 cm³/mol. The van der Waals surface area contributed by atoms with Gasteiger partial charge in [0.25, 0.3) is 10.0 Å². The van der Waals surface area contributed by atoms with Gasteiger partial charge in [-0.25, -0.2) is 22.7 Å². The molecule has 2 amide bonds. The molecule has 2 rings (SSSR count). The molecule has 12 nitrogen and oxygen atoms in total. The van der Waals surface area contributed by atoms with Crippen molar-refractivity contribution in [3.05, 3.63) is 10.5 Å². The number of anilines is 1. The Morgan fingerprint density at radius 2 is 1.68 bits per heavy atom. The van der Waals surface area contributed by atoms with E-state index in [-0.39, 0.29) is 41.3 Å². The molecule has 1 heterocycles. The zero-order valence-electron chi connectivity index (χ0n) is 13.3. The number of hydrogen-bond donors (Lipinski definition) is 3. The number of aromatic nitrogens is 3. The quantitative estimate of drug-likeness (QED) is 0.610. The number of urea groups is 1. The number of carbonyl (C=O) groups is 2. The summed E-state index contributed by atoms with van der Waals surface area (Å²) in [4.78, 5) is 33.8. The summed E-state index contributed by atoms with van der Waals surface area (Å²) in [5.74, 6) is -1.64. The normalized spacial score (nSPS) is 14.2. The largest absolute Gasteiger partial charge is 0.478 e. The number of carboxylic acid groups (broad SMARTS) is 1. The lowest BCUT2D eigenvalue weighted by molar-refractivity contribution is -0.132. The van der Waals surface area contributed by atoms with Gasteiger partial charge in [-0.15, -0.1) is 4.98 Å². The van der Waals surface area contributed by atoms with Gasteiger partial charge in [-0.3, -0.25) is 5.32 Å². The molecule has 0 bridgehead atoms. The fraction of sp³-hybridized carbons (Fsp3) is 0.417. The number of carboxylic acids is 1. The SMILES string of the molecule is COc1nc(NC(=O)NS(=O)(=O)C2=C(C(=O)O)CCC2)nc(OC)n1. The summed E-state index contributed by atoms with van der Waals surface area (Å²) >= 11 is 0. The summed E-state index contributed by atoms with van der Waals surface area (Å²) in [6.45, 7) is 0. The first-order valence-corrected chi connectivity index (χ1v) is 8.38. The third-order valence-electron chi connectivity index (χ3n) is 3.16. The van der Waals surface area contributed by atoms with E-state index in [0.717, 1.165) is 0 Å². The first-order valence-electron chi connectivity index (χ1n) is 6.90. The number of methoxy groups -OCH3 is 2. The summed E-state index contributed by atoms with van der Waals surface area (Å²) in [5, 5.41) is 11.1. The van der Waals surface area contributed by atoms with Crippen LogP contribution in [0.2, 0.25) is 0 Å². The van der Waals surface area contributed by atoms with Crippen LogP contribution in [0.15, 0.2) is 10.5 Å². The lowest BCUT2D eigenvalue weighted by Crippen LogP contribution is -2.36. The van der Waals surface area contributed by atoms with Crippen LogP contribution in [0.5, 0.6) is 12.0 Å². The molecule has 0 unspecified atom stereocenters. The Bertz CT molecular complexity index is 814. The van der Waals surface area contributed by atoms with Crippen LogP contribution in [0, 0.1) is 0 Å². The van der Waals surface area contributed by atoms with Crippen molar-refractivity contribution in [3.63, 3.8) is 0 Å². The fourth-order valence-electron chi connectivity index (χ4n) is 2.13. The molecule has 1 aliphatic rings. The molecule has 1 aromatic heterocycles. The molecule has 0 spiro atoms. The zero-order chi connectivity index (χ0) is 18.6. The molecule has 0 saturated heterocycles. The highest BCUT2D eigenvalue weighted by Crippen LogP contribution is 2.29. The standard InChI is InChI=1S/C12H15N5O7S/c1-23-11-14-9(15-12(16-11)24-2)13-10(20)17-25(21,22)7-5-3-4-6(7)8(18)19/h3-5H2,1-2H3,(H,18,19)(H2,13,14,15,16,17,20). The van der Waals surface area contributed by atoms with Gasteiger partial charge in [-0.05, 0) is 19.3 Å². The number of aliphatic carboxylic acids is 1. The average molecular weight is 373 g/mol. The molecule has 0 aromatic carbocycles. The number of sulfonamides is 1. The van der Waals surface area contributed by atoms with Gasteiger partial charge in [0.1, 0.15) is 0 Å². The molecule has 0 aliphatic heterocycles. The van der Waals surface area contributed by atoms with Crippen molar-refractivity contribution in [2.24, 2.45) is 0 Å². The zero-order valence-corrected chi connectivity index (χ0v) is 14.1. The van der Waals surface area contributed by atoms with Crippen molar-refractivity contribution in [3.8, 4) is 12.0 Å². The maximum atomic E-state index is 12.2. The molecule has 3 N–H and O–H groups in total. The molecule has 1 aromatic rings. The summed E-state index contributed by atoms with van der Waals surface area (Å²) in [6.07, 6.45) is 0.536. The Balaban J connectivity index is 2.17. The van der Waals surface area contributed by atoms with Crippen molar-refractivity contribution < 1.29 is 32.6 Å². The first-order chi connectivity index (χ1) is 11.8. The molecule has 0 atom stereocenters. The van der Waals surface area contributed by atoms with Gasteiger partial charge in [-0.2, -0.15) is 9.97 Å². The van der Waals surface area contributed by atoms with Gasteiger partial charge in [-0.1, -0.05) is 0 Å². The number of amides is 2. The van der Waals surface area contributed by atoms with Gasteiger partial charge in [0.05, 0.1) is 24.7 Å². The smallest absolute Gasteiger partial charge is 0.335 e. The number of allylic oxidation sites excluding steroid dienone is 1. The Kier molecular flexibility index (Phi) is 5.36. The Morgan fingerprint density at radius 1 is 1.08 bits per heavy atom. The summed E-state index contributed by atoms with van der Waals surface area (Å²) in [5.41, 5.74) is -0.233. The van der Waals surface area contributed by atoms with Crippen molar-refractivity contribution in [1.29, 1.82) is 0 Å². The van der Waals surface area contributed by atoms with Crippen molar-refractivity contribution in [1.82, 2.24) is 19.7 Å². The number of nitrogens with zero attached hydrogens (tertiary/aromatic N) is 3. The minimum Gasteiger partial charge on any atom is -0.478 e. The summed E-state index contributed by atoms with van der Waals surface area (Å²) in [7, 11) is -1.74. The molecular formula is C12H15N5O7S. The number of ether oxygens (including phenoxy) is 2. The van der Waals surface area contributed by atoms with Crippen LogP contribution in [-0.2, 0) is 14.8 Å².